The number of nitrogens with one attached hydrogen (secondary N) is 2. The Morgan fingerprint density at radius 3 is 2.34 bits per heavy atom. The molecule has 0 aliphatic heterocycles. The molecule has 0 fully saturated rings. The first-order valence-corrected chi connectivity index (χ1v) is 10.8. The van der Waals surface area contributed by atoms with E-state index in [0.29, 0.717) is 6.54 Å². The highest BCUT2D eigenvalue weighted by Gasteiger charge is 2.21. The smallest absolute Gasteiger partial charge is 0.307 e. The van der Waals surface area contributed by atoms with Crippen LogP contribution in [0.3, 0.4) is 0 Å². The van der Waals surface area contributed by atoms with Crippen molar-refractivity contribution >= 4 is 45.1 Å². The van der Waals surface area contributed by atoms with Gasteiger partial charge in [-0.05, 0) is 30.2 Å². The molecule has 10 heteroatoms. The van der Waals surface area contributed by atoms with Gasteiger partial charge >= 0.3 is 5.97 Å². The van der Waals surface area contributed by atoms with Gasteiger partial charge in [-0.3, -0.25) is 9.59 Å². The number of aryl methyl sites for hydroxylation is 1. The molecule has 0 saturated carbocycles. The molecule has 0 bridgehead atoms. The third kappa shape index (κ3) is 7.01. The van der Waals surface area contributed by atoms with Gasteiger partial charge in [0.15, 0.2) is 6.61 Å². The van der Waals surface area contributed by atoms with Crippen LogP contribution in [0, 0.1) is 6.92 Å². The number of benzene rings is 2. The number of carbonyl (C=O) groups is 2. The Balaban J connectivity index is 1.74. The second-order valence-electron chi connectivity index (χ2n) is 6.06. The lowest BCUT2D eigenvalue weighted by Gasteiger charge is -2.10. The first kappa shape index (κ1) is 23.2. The lowest BCUT2D eigenvalue weighted by Crippen LogP contribution is -2.30. The fourth-order valence-electron chi connectivity index (χ4n) is 2.37. The average molecular weight is 459 g/mol. The van der Waals surface area contributed by atoms with Crippen molar-refractivity contribution in [1.82, 2.24) is 10.0 Å². The standard InChI is InChI=1S/C19H20Cl2N2O5S/c1-13-5-2-3-6-14(13)11-22-17(24)12-28-18(25)9-10-23-29(26,27)19-15(20)7-4-8-16(19)21/h2-8,23H,9-12H2,1H3,(H,22,24). The van der Waals surface area contributed by atoms with Gasteiger partial charge in [0.05, 0.1) is 16.5 Å². The molecule has 7 nitrogen and oxygen atoms in total. The van der Waals surface area contributed by atoms with E-state index < -0.39 is 28.5 Å². The van der Waals surface area contributed by atoms with Crippen molar-refractivity contribution in [3.63, 3.8) is 0 Å². The van der Waals surface area contributed by atoms with Crippen molar-refractivity contribution in [2.45, 2.75) is 24.8 Å². The summed E-state index contributed by atoms with van der Waals surface area (Å²) in [6, 6.07) is 11.9. The van der Waals surface area contributed by atoms with E-state index in [1.165, 1.54) is 18.2 Å². The Morgan fingerprint density at radius 2 is 1.69 bits per heavy atom. The zero-order chi connectivity index (χ0) is 21.4. The maximum Gasteiger partial charge on any atom is 0.307 e. The molecule has 0 saturated heterocycles. The van der Waals surface area contributed by atoms with Crippen LogP contribution < -0.4 is 10.0 Å². The molecule has 156 valence electrons. The van der Waals surface area contributed by atoms with Gasteiger partial charge in [-0.15, -0.1) is 0 Å². The van der Waals surface area contributed by atoms with E-state index in [2.05, 4.69) is 10.0 Å². The molecule has 0 unspecified atom stereocenters. The summed E-state index contributed by atoms with van der Waals surface area (Å²) >= 11 is 11.8. The van der Waals surface area contributed by atoms with Crippen LogP contribution in [-0.4, -0.2) is 33.4 Å². The van der Waals surface area contributed by atoms with Crippen LogP contribution in [0.15, 0.2) is 47.4 Å². The highest BCUT2D eigenvalue weighted by molar-refractivity contribution is 7.89. The maximum atomic E-state index is 12.3. The summed E-state index contributed by atoms with van der Waals surface area (Å²) in [5.74, 6) is -1.17. The molecule has 0 heterocycles. The predicted molar refractivity (Wildman–Crippen MR) is 110 cm³/mol. The molecular weight excluding hydrogens is 439 g/mol. The number of hydrogen-bond acceptors (Lipinski definition) is 5. The molecule has 29 heavy (non-hydrogen) atoms. The van der Waals surface area contributed by atoms with Crippen LogP contribution in [-0.2, 0) is 30.9 Å². The largest absolute Gasteiger partial charge is 0.456 e. The molecule has 0 radical (unpaired) electrons. The van der Waals surface area contributed by atoms with Crippen LogP contribution in [0.5, 0.6) is 0 Å². The molecule has 2 N–H and O–H groups in total. The molecule has 0 atom stereocenters. The average Bonchev–Trinajstić information content (AvgIpc) is 2.65. The number of rotatable bonds is 9. The van der Waals surface area contributed by atoms with Crippen LogP contribution in [0.2, 0.25) is 10.0 Å². The minimum atomic E-state index is -3.99. The van der Waals surface area contributed by atoms with Crippen molar-refractivity contribution in [2.75, 3.05) is 13.2 Å². The Morgan fingerprint density at radius 1 is 1.03 bits per heavy atom. The first-order chi connectivity index (χ1) is 13.7. The predicted octanol–water partition coefficient (Wildman–Crippen LogP) is 2.83. The molecule has 2 rings (SSSR count). The second kappa shape index (κ2) is 10.6. The normalized spacial score (nSPS) is 11.1. The molecule has 0 aliphatic rings. The number of amides is 1. The summed E-state index contributed by atoms with van der Waals surface area (Å²) in [6.07, 6.45) is -0.258. The summed E-state index contributed by atoms with van der Waals surface area (Å²) in [5.41, 5.74) is 2.00. The van der Waals surface area contributed by atoms with E-state index in [9.17, 15) is 18.0 Å². The lowest BCUT2D eigenvalue weighted by molar-refractivity contribution is -0.148. The van der Waals surface area contributed by atoms with E-state index in [1.54, 1.807) is 0 Å². The molecule has 0 aromatic heterocycles. The van der Waals surface area contributed by atoms with Gasteiger partial charge < -0.3 is 10.1 Å². The second-order valence-corrected chi connectivity index (χ2v) is 8.58. The molecule has 2 aromatic rings. The third-order valence-corrected chi connectivity index (χ3v) is 6.33. The monoisotopic (exact) mass is 458 g/mol. The van der Waals surface area contributed by atoms with Gasteiger partial charge in [0, 0.05) is 13.1 Å². The molecule has 1 amide bonds. The Bertz CT molecular complexity index is 976. The van der Waals surface area contributed by atoms with Crippen LogP contribution >= 0.6 is 23.2 Å². The van der Waals surface area contributed by atoms with Gasteiger partial charge in [-0.1, -0.05) is 53.5 Å². The van der Waals surface area contributed by atoms with E-state index in [1.807, 2.05) is 31.2 Å². The van der Waals surface area contributed by atoms with Gasteiger partial charge in [0.25, 0.3) is 5.91 Å². The van der Waals surface area contributed by atoms with Crippen molar-refractivity contribution in [2.24, 2.45) is 0 Å². The topological polar surface area (TPSA) is 102 Å². The minimum absolute atomic E-state index is 0.0297. The number of halogens is 2. The van der Waals surface area contributed by atoms with Gasteiger partial charge in [0.2, 0.25) is 10.0 Å². The van der Waals surface area contributed by atoms with Crippen molar-refractivity contribution in [3.8, 4) is 0 Å². The Kier molecular flexibility index (Phi) is 8.45. The summed E-state index contributed by atoms with van der Waals surface area (Å²) in [4.78, 5) is 23.3. The minimum Gasteiger partial charge on any atom is -0.456 e. The number of ether oxygens (including phenoxy) is 1. The third-order valence-electron chi connectivity index (χ3n) is 3.91. The van der Waals surface area contributed by atoms with Crippen LogP contribution in [0.1, 0.15) is 17.5 Å². The highest BCUT2D eigenvalue weighted by atomic mass is 35.5. The summed E-state index contributed by atoms with van der Waals surface area (Å²) in [6.45, 7) is 1.57. The van der Waals surface area contributed by atoms with Gasteiger partial charge in [0.1, 0.15) is 4.90 Å². The quantitative estimate of drug-likeness (QED) is 0.562. The van der Waals surface area contributed by atoms with Crippen molar-refractivity contribution < 1.29 is 22.7 Å². The van der Waals surface area contributed by atoms with Crippen molar-refractivity contribution in [1.29, 1.82) is 0 Å². The van der Waals surface area contributed by atoms with Crippen LogP contribution in [0.25, 0.3) is 0 Å². The highest BCUT2D eigenvalue weighted by Crippen LogP contribution is 2.28. The lowest BCUT2D eigenvalue weighted by atomic mass is 10.1. The van der Waals surface area contributed by atoms with E-state index in [4.69, 9.17) is 27.9 Å². The first-order valence-electron chi connectivity index (χ1n) is 8.61. The van der Waals surface area contributed by atoms with Gasteiger partial charge in [-0.25, -0.2) is 13.1 Å². The maximum absolute atomic E-state index is 12.3. The zero-order valence-corrected chi connectivity index (χ0v) is 17.9. The molecule has 2 aromatic carbocycles. The number of sulfonamides is 1. The zero-order valence-electron chi connectivity index (χ0n) is 15.6. The fourth-order valence-corrected chi connectivity index (χ4v) is 4.54. The van der Waals surface area contributed by atoms with E-state index in [0.717, 1.165) is 11.1 Å². The Hall–Kier alpha value is -2.13. The summed E-state index contributed by atoms with van der Waals surface area (Å²) < 4.78 is 31.6. The summed E-state index contributed by atoms with van der Waals surface area (Å²) in [5, 5.41) is 2.59. The van der Waals surface area contributed by atoms with Crippen molar-refractivity contribution in [3.05, 3.63) is 63.6 Å². The van der Waals surface area contributed by atoms with E-state index >= 15 is 0 Å². The number of esters is 1. The van der Waals surface area contributed by atoms with E-state index in [-0.39, 0.29) is 27.9 Å². The number of hydrogen-bond donors (Lipinski definition) is 2. The summed E-state index contributed by atoms with van der Waals surface area (Å²) in [7, 11) is -3.99. The molecule has 0 aliphatic carbocycles. The number of carbonyl (C=O) groups excluding carboxylic acids is 2. The molecule has 0 spiro atoms. The van der Waals surface area contributed by atoms with Gasteiger partial charge in [-0.2, -0.15) is 0 Å². The van der Waals surface area contributed by atoms with Crippen LogP contribution in [0.4, 0.5) is 0 Å². The SMILES string of the molecule is Cc1ccccc1CNC(=O)COC(=O)CCNS(=O)(=O)c1c(Cl)cccc1Cl. The Labute approximate surface area is 179 Å². The molecular formula is C19H20Cl2N2O5S. The fraction of sp³-hybridized carbons (Fsp3) is 0.263.